The highest BCUT2D eigenvalue weighted by molar-refractivity contribution is 5.93. The van der Waals surface area contributed by atoms with Gasteiger partial charge in [-0.25, -0.2) is 0 Å². The monoisotopic (exact) mass is 443 g/mol. The van der Waals surface area contributed by atoms with E-state index in [4.69, 9.17) is 4.74 Å². The van der Waals surface area contributed by atoms with Crippen LogP contribution >= 0.6 is 0 Å². The van der Waals surface area contributed by atoms with Gasteiger partial charge in [0.1, 0.15) is 11.4 Å². The van der Waals surface area contributed by atoms with E-state index in [2.05, 4.69) is 34.6 Å². The lowest BCUT2D eigenvalue weighted by Gasteiger charge is -2.28. The van der Waals surface area contributed by atoms with Gasteiger partial charge < -0.3 is 15.0 Å². The third kappa shape index (κ3) is 4.75. The summed E-state index contributed by atoms with van der Waals surface area (Å²) in [4.78, 5) is 32.1. The molecule has 2 aromatic carbocycles. The average molecular weight is 444 g/mol. The Morgan fingerprint density at radius 1 is 1.06 bits per heavy atom. The topological polar surface area (TPSA) is 71.5 Å². The zero-order chi connectivity index (χ0) is 23.3. The number of methoxy groups -OCH3 is 1. The molecule has 0 aliphatic carbocycles. The van der Waals surface area contributed by atoms with Gasteiger partial charge in [-0.05, 0) is 49.1 Å². The smallest absolute Gasteiger partial charge is 0.272 e. The highest BCUT2D eigenvalue weighted by atomic mass is 16.5. The van der Waals surface area contributed by atoms with Gasteiger partial charge in [0.25, 0.3) is 5.91 Å². The summed E-state index contributed by atoms with van der Waals surface area (Å²) in [6.07, 6.45) is 2.80. The zero-order valence-electron chi connectivity index (χ0n) is 19.1. The fraction of sp³-hybridized carbons (Fsp3) is 0.296. The number of carbonyl (C=O) groups excluding carboxylic acids is 2. The van der Waals surface area contributed by atoms with E-state index in [0.717, 1.165) is 22.4 Å². The molecule has 0 spiro atoms. The van der Waals surface area contributed by atoms with E-state index >= 15 is 0 Å². The van der Waals surface area contributed by atoms with E-state index in [9.17, 15) is 9.59 Å². The Morgan fingerprint density at radius 3 is 2.52 bits per heavy atom. The number of nitrogens with one attached hydrogen (secondary N) is 1. The maximum absolute atomic E-state index is 13.2. The van der Waals surface area contributed by atoms with Crippen molar-refractivity contribution < 1.29 is 14.3 Å². The Labute approximate surface area is 194 Å². The number of rotatable bonds is 7. The Kier molecular flexibility index (Phi) is 6.73. The largest absolute Gasteiger partial charge is 0.496 e. The minimum Gasteiger partial charge on any atom is -0.496 e. The summed E-state index contributed by atoms with van der Waals surface area (Å²) < 4.78 is 5.49. The summed E-state index contributed by atoms with van der Waals surface area (Å²) in [5.74, 6) is 0.687. The number of para-hydroxylation sites is 1. The summed E-state index contributed by atoms with van der Waals surface area (Å²) >= 11 is 0. The molecule has 1 aliphatic heterocycles. The quantitative estimate of drug-likeness (QED) is 0.600. The molecule has 0 bridgehead atoms. The van der Waals surface area contributed by atoms with Crippen LogP contribution in [-0.4, -0.2) is 48.4 Å². The first-order valence-corrected chi connectivity index (χ1v) is 11.3. The van der Waals surface area contributed by atoms with Crippen LogP contribution in [-0.2, 0) is 11.2 Å². The van der Waals surface area contributed by atoms with Crippen LogP contribution in [0.4, 0.5) is 0 Å². The minimum atomic E-state index is -0.660. The fourth-order valence-corrected chi connectivity index (χ4v) is 4.53. The molecule has 1 unspecified atom stereocenters. The number of hydrogen-bond donors (Lipinski definition) is 1. The first-order valence-electron chi connectivity index (χ1n) is 11.3. The van der Waals surface area contributed by atoms with Gasteiger partial charge in [-0.2, -0.15) is 0 Å². The van der Waals surface area contributed by atoms with E-state index in [-0.39, 0.29) is 11.8 Å². The Bertz CT molecular complexity index is 1110. The maximum atomic E-state index is 13.2. The molecule has 1 aromatic heterocycles. The normalized spacial score (nSPS) is 17.6. The molecule has 2 amide bonds. The van der Waals surface area contributed by atoms with Crippen molar-refractivity contribution >= 4 is 11.8 Å². The predicted molar refractivity (Wildman–Crippen MR) is 128 cm³/mol. The third-order valence-corrected chi connectivity index (χ3v) is 6.26. The van der Waals surface area contributed by atoms with Crippen molar-refractivity contribution in [2.75, 3.05) is 26.7 Å². The van der Waals surface area contributed by atoms with Gasteiger partial charge in [0.2, 0.25) is 5.91 Å². The molecule has 0 radical (unpaired) electrons. The van der Waals surface area contributed by atoms with Crippen LogP contribution < -0.4 is 10.1 Å². The Morgan fingerprint density at radius 2 is 1.82 bits per heavy atom. The first-order chi connectivity index (χ1) is 16.1. The maximum Gasteiger partial charge on any atom is 0.272 e. The molecule has 6 heteroatoms. The Hall–Kier alpha value is -3.67. The number of aromatic nitrogens is 1. The molecule has 1 N–H and O–H groups in total. The van der Waals surface area contributed by atoms with Crippen molar-refractivity contribution in [2.24, 2.45) is 5.41 Å². The zero-order valence-corrected chi connectivity index (χ0v) is 19.1. The number of nitrogens with zero attached hydrogens (tertiary/aromatic N) is 2. The Balaban J connectivity index is 1.56. The fourth-order valence-electron chi connectivity index (χ4n) is 4.53. The number of carbonyl (C=O) groups is 2. The van der Waals surface area contributed by atoms with Crippen molar-refractivity contribution in [3.05, 3.63) is 84.2 Å². The van der Waals surface area contributed by atoms with Crippen LogP contribution in [0.1, 0.15) is 29.4 Å². The molecule has 0 saturated carbocycles. The summed E-state index contributed by atoms with van der Waals surface area (Å²) in [7, 11) is 1.67. The lowest BCUT2D eigenvalue weighted by atomic mass is 9.79. The predicted octanol–water partition coefficient (Wildman–Crippen LogP) is 3.97. The van der Waals surface area contributed by atoms with Gasteiger partial charge in [-0.15, -0.1) is 0 Å². The molecule has 6 nitrogen and oxygen atoms in total. The summed E-state index contributed by atoms with van der Waals surface area (Å²) in [6, 6.07) is 21.5. The van der Waals surface area contributed by atoms with Gasteiger partial charge in [-0.3, -0.25) is 14.6 Å². The summed E-state index contributed by atoms with van der Waals surface area (Å²) in [5.41, 5.74) is 2.89. The SMILES string of the molecule is CCNC(=O)C1(Cc2ccc(-c3ccccc3OC)cc2)CCN(C(=O)c2ccccn2)C1. The third-order valence-electron chi connectivity index (χ3n) is 6.26. The van der Waals surface area contributed by atoms with Crippen LogP contribution in [0.15, 0.2) is 72.9 Å². The van der Waals surface area contributed by atoms with Crippen molar-refractivity contribution in [3.8, 4) is 16.9 Å². The highest BCUT2D eigenvalue weighted by Gasteiger charge is 2.46. The van der Waals surface area contributed by atoms with Gasteiger partial charge in [0, 0.05) is 31.4 Å². The van der Waals surface area contributed by atoms with E-state index in [1.165, 1.54) is 0 Å². The molecule has 2 heterocycles. The van der Waals surface area contributed by atoms with Gasteiger partial charge in [0.15, 0.2) is 0 Å². The molecule has 33 heavy (non-hydrogen) atoms. The second kappa shape index (κ2) is 9.86. The molecule has 1 atom stereocenters. The van der Waals surface area contributed by atoms with Crippen LogP contribution in [0.25, 0.3) is 11.1 Å². The van der Waals surface area contributed by atoms with Gasteiger partial charge in [0.05, 0.1) is 12.5 Å². The number of amides is 2. The number of ether oxygens (including phenoxy) is 1. The molecule has 1 fully saturated rings. The van der Waals surface area contributed by atoms with E-state index in [1.807, 2.05) is 31.2 Å². The minimum absolute atomic E-state index is 0.00451. The van der Waals surface area contributed by atoms with Crippen LogP contribution in [0.2, 0.25) is 0 Å². The van der Waals surface area contributed by atoms with Crippen LogP contribution in [0, 0.1) is 5.41 Å². The van der Waals surface area contributed by atoms with Crippen molar-refractivity contribution in [2.45, 2.75) is 19.8 Å². The summed E-state index contributed by atoms with van der Waals surface area (Å²) in [5, 5.41) is 2.99. The number of pyridine rings is 1. The number of benzene rings is 2. The molecule has 1 aliphatic rings. The van der Waals surface area contributed by atoms with E-state index < -0.39 is 5.41 Å². The average Bonchev–Trinajstić information content (AvgIpc) is 3.30. The molecule has 4 rings (SSSR count). The van der Waals surface area contributed by atoms with Crippen LogP contribution in [0.5, 0.6) is 5.75 Å². The van der Waals surface area contributed by atoms with Crippen LogP contribution in [0.3, 0.4) is 0 Å². The molecule has 170 valence electrons. The first kappa shape index (κ1) is 22.5. The van der Waals surface area contributed by atoms with Gasteiger partial charge >= 0.3 is 0 Å². The standard InChI is InChI=1S/C27H29N3O3/c1-3-28-26(32)27(15-17-30(19-27)25(31)23-9-6-7-16-29-23)18-20-11-13-21(14-12-20)22-8-4-5-10-24(22)33-2/h4-14,16H,3,15,17-19H2,1-2H3,(H,28,32). The number of hydrogen-bond acceptors (Lipinski definition) is 4. The van der Waals surface area contributed by atoms with Crippen molar-refractivity contribution in [3.63, 3.8) is 0 Å². The second-order valence-corrected chi connectivity index (χ2v) is 8.41. The summed E-state index contributed by atoms with van der Waals surface area (Å²) in [6.45, 7) is 3.38. The van der Waals surface area contributed by atoms with Crippen molar-refractivity contribution in [1.82, 2.24) is 15.2 Å². The van der Waals surface area contributed by atoms with E-state index in [0.29, 0.717) is 38.2 Å². The molecule has 3 aromatic rings. The van der Waals surface area contributed by atoms with Gasteiger partial charge in [-0.1, -0.05) is 48.5 Å². The molecule has 1 saturated heterocycles. The molecular weight excluding hydrogens is 414 g/mol. The molecular formula is C27H29N3O3. The highest BCUT2D eigenvalue weighted by Crippen LogP contribution is 2.36. The lowest BCUT2D eigenvalue weighted by Crippen LogP contribution is -2.45. The second-order valence-electron chi connectivity index (χ2n) is 8.41. The lowest BCUT2D eigenvalue weighted by molar-refractivity contribution is -0.130. The van der Waals surface area contributed by atoms with E-state index in [1.54, 1.807) is 36.4 Å². The van der Waals surface area contributed by atoms with Crippen molar-refractivity contribution in [1.29, 1.82) is 0 Å². The number of likely N-dealkylation sites (tertiary alicyclic amines) is 1.